The molecule has 0 spiro atoms. The van der Waals surface area contributed by atoms with Gasteiger partial charge in [0.25, 0.3) is 0 Å². The highest BCUT2D eigenvalue weighted by Crippen LogP contribution is 2.52. The lowest BCUT2D eigenvalue weighted by atomic mass is 9.67. The standard InChI is InChI=1S/C46H32N4/c1-46(2)37-24-13-19-29-18-12-23-34(40(29)37)35-26-27-39-41(42(35)46)36-22-9-10-25-38(36)50(39)33-21-11-20-32(28-33)45-48-43(30-14-5-3-6-15-30)47-44(49-45)31-16-7-4-8-17-31/h3-28H,1-2H3. The van der Waals surface area contributed by atoms with Crippen LogP contribution in [0.15, 0.2) is 158 Å². The Kier molecular flexibility index (Phi) is 6.19. The topological polar surface area (TPSA) is 43.6 Å². The molecule has 0 aliphatic heterocycles. The summed E-state index contributed by atoms with van der Waals surface area (Å²) in [4.78, 5) is 15.0. The van der Waals surface area contributed by atoms with Gasteiger partial charge in [-0.3, -0.25) is 0 Å². The van der Waals surface area contributed by atoms with Gasteiger partial charge in [0.05, 0.1) is 11.0 Å². The fraction of sp³-hybridized carbons (Fsp3) is 0.0652. The third-order valence-electron chi connectivity index (χ3n) is 10.4. The number of rotatable bonds is 4. The van der Waals surface area contributed by atoms with E-state index >= 15 is 0 Å². The molecular weight excluding hydrogens is 609 g/mol. The van der Waals surface area contributed by atoms with Crippen molar-refractivity contribution in [2.75, 3.05) is 0 Å². The molecule has 1 aliphatic rings. The van der Waals surface area contributed by atoms with Crippen molar-refractivity contribution in [3.8, 4) is 51.0 Å². The molecule has 0 saturated carbocycles. The van der Waals surface area contributed by atoms with E-state index in [0.717, 1.165) is 22.4 Å². The van der Waals surface area contributed by atoms with Gasteiger partial charge in [-0.1, -0.05) is 147 Å². The molecule has 1 aliphatic carbocycles. The van der Waals surface area contributed by atoms with Gasteiger partial charge in [-0.15, -0.1) is 0 Å². The van der Waals surface area contributed by atoms with Gasteiger partial charge in [-0.25, -0.2) is 15.0 Å². The summed E-state index contributed by atoms with van der Waals surface area (Å²) in [5, 5.41) is 5.22. The summed E-state index contributed by atoms with van der Waals surface area (Å²) < 4.78 is 2.41. The van der Waals surface area contributed by atoms with Gasteiger partial charge in [0.15, 0.2) is 17.5 Å². The lowest BCUT2D eigenvalue weighted by Crippen LogP contribution is -2.24. The average Bonchev–Trinajstić information content (AvgIpc) is 3.51. The first-order chi connectivity index (χ1) is 24.6. The van der Waals surface area contributed by atoms with Gasteiger partial charge >= 0.3 is 0 Å². The van der Waals surface area contributed by atoms with Gasteiger partial charge < -0.3 is 4.57 Å². The number of fused-ring (bicyclic) bond motifs is 6. The van der Waals surface area contributed by atoms with Crippen LogP contribution in [0.25, 0.3) is 83.6 Å². The summed E-state index contributed by atoms with van der Waals surface area (Å²) in [6, 6.07) is 55.8. The number of aromatic nitrogens is 4. The molecule has 0 bridgehead atoms. The second-order valence-corrected chi connectivity index (χ2v) is 13.7. The third-order valence-corrected chi connectivity index (χ3v) is 10.4. The van der Waals surface area contributed by atoms with E-state index in [1.165, 1.54) is 54.8 Å². The zero-order chi connectivity index (χ0) is 33.4. The zero-order valence-electron chi connectivity index (χ0n) is 27.8. The van der Waals surface area contributed by atoms with E-state index in [-0.39, 0.29) is 5.41 Å². The second-order valence-electron chi connectivity index (χ2n) is 13.7. The van der Waals surface area contributed by atoms with Crippen LogP contribution >= 0.6 is 0 Å². The minimum Gasteiger partial charge on any atom is -0.309 e. The van der Waals surface area contributed by atoms with Crippen LogP contribution in [0.1, 0.15) is 25.0 Å². The highest BCUT2D eigenvalue weighted by atomic mass is 15.0. The smallest absolute Gasteiger partial charge is 0.164 e. The normalized spacial score (nSPS) is 13.2. The fourth-order valence-corrected chi connectivity index (χ4v) is 8.15. The van der Waals surface area contributed by atoms with E-state index < -0.39 is 0 Å². The molecule has 9 aromatic rings. The second kappa shape index (κ2) is 10.8. The van der Waals surface area contributed by atoms with Crippen molar-refractivity contribution in [2.45, 2.75) is 19.3 Å². The molecule has 0 radical (unpaired) electrons. The SMILES string of the molecule is CC1(C)c2cccc3cccc(c23)-c2ccc3c(c21)c1ccccc1n3-c1cccc(-c2nc(-c3ccccc3)nc(-c3ccccc3)n2)c1. The van der Waals surface area contributed by atoms with Gasteiger partial charge in [-0.2, -0.15) is 0 Å². The Morgan fingerprint density at radius 3 is 1.78 bits per heavy atom. The molecule has 0 N–H and O–H groups in total. The molecular formula is C46H32N4. The molecule has 10 rings (SSSR count). The minimum atomic E-state index is -0.202. The van der Waals surface area contributed by atoms with Crippen molar-refractivity contribution in [3.05, 3.63) is 169 Å². The molecule has 0 saturated heterocycles. The Balaban J connectivity index is 1.21. The first-order valence-electron chi connectivity index (χ1n) is 17.1. The molecule has 50 heavy (non-hydrogen) atoms. The lowest BCUT2D eigenvalue weighted by molar-refractivity contribution is 0.652. The van der Waals surface area contributed by atoms with Crippen LogP contribution in [-0.2, 0) is 5.41 Å². The summed E-state index contributed by atoms with van der Waals surface area (Å²) in [5.74, 6) is 1.95. The van der Waals surface area contributed by atoms with Crippen molar-refractivity contribution >= 4 is 32.6 Å². The van der Waals surface area contributed by atoms with Gasteiger partial charge in [0, 0.05) is 38.6 Å². The van der Waals surface area contributed by atoms with E-state index in [0.29, 0.717) is 17.5 Å². The van der Waals surface area contributed by atoms with E-state index in [9.17, 15) is 0 Å². The Hall–Kier alpha value is -6.39. The first-order valence-corrected chi connectivity index (χ1v) is 17.1. The van der Waals surface area contributed by atoms with Crippen LogP contribution in [0.3, 0.4) is 0 Å². The number of nitrogens with zero attached hydrogens (tertiary/aromatic N) is 4. The molecule has 4 nitrogen and oxygen atoms in total. The van der Waals surface area contributed by atoms with Crippen molar-refractivity contribution < 1.29 is 0 Å². The van der Waals surface area contributed by atoms with Crippen LogP contribution in [-0.4, -0.2) is 19.5 Å². The molecule has 2 aromatic heterocycles. The largest absolute Gasteiger partial charge is 0.309 e. The highest BCUT2D eigenvalue weighted by Gasteiger charge is 2.36. The fourth-order valence-electron chi connectivity index (χ4n) is 8.15. The molecule has 2 heterocycles. The quantitative estimate of drug-likeness (QED) is 0.192. The van der Waals surface area contributed by atoms with Crippen LogP contribution < -0.4 is 0 Å². The monoisotopic (exact) mass is 640 g/mol. The van der Waals surface area contributed by atoms with Gasteiger partial charge in [0.2, 0.25) is 0 Å². The third kappa shape index (κ3) is 4.21. The first kappa shape index (κ1) is 28.6. The molecule has 0 atom stereocenters. The molecule has 236 valence electrons. The number of para-hydroxylation sites is 1. The minimum absolute atomic E-state index is 0.202. The lowest BCUT2D eigenvalue weighted by Gasteiger charge is -2.36. The van der Waals surface area contributed by atoms with E-state index in [1.807, 2.05) is 60.7 Å². The van der Waals surface area contributed by atoms with Crippen molar-refractivity contribution in [2.24, 2.45) is 0 Å². The molecule has 4 heteroatoms. The molecule has 0 fully saturated rings. The van der Waals surface area contributed by atoms with Crippen molar-refractivity contribution in [1.82, 2.24) is 19.5 Å². The molecule has 0 amide bonds. The van der Waals surface area contributed by atoms with E-state index in [4.69, 9.17) is 15.0 Å². The maximum Gasteiger partial charge on any atom is 0.164 e. The summed E-state index contributed by atoms with van der Waals surface area (Å²) in [5.41, 5.74) is 11.4. The average molecular weight is 641 g/mol. The van der Waals surface area contributed by atoms with Crippen LogP contribution in [0.4, 0.5) is 0 Å². The summed E-state index contributed by atoms with van der Waals surface area (Å²) in [6.07, 6.45) is 0. The maximum atomic E-state index is 5.03. The summed E-state index contributed by atoms with van der Waals surface area (Å²) >= 11 is 0. The highest BCUT2D eigenvalue weighted by molar-refractivity contribution is 6.16. The number of hydrogen-bond donors (Lipinski definition) is 0. The van der Waals surface area contributed by atoms with Crippen LogP contribution in [0.2, 0.25) is 0 Å². The number of benzene rings is 7. The Morgan fingerprint density at radius 2 is 1.06 bits per heavy atom. The Bertz CT molecular complexity index is 2710. The van der Waals surface area contributed by atoms with Crippen LogP contribution in [0.5, 0.6) is 0 Å². The van der Waals surface area contributed by atoms with Crippen molar-refractivity contribution in [1.29, 1.82) is 0 Å². The predicted molar refractivity (Wildman–Crippen MR) is 206 cm³/mol. The van der Waals surface area contributed by atoms with Gasteiger partial charge in [0.1, 0.15) is 0 Å². The van der Waals surface area contributed by atoms with Crippen molar-refractivity contribution in [3.63, 3.8) is 0 Å². The van der Waals surface area contributed by atoms with Gasteiger partial charge in [-0.05, 0) is 57.3 Å². The maximum absolute atomic E-state index is 5.03. The zero-order valence-corrected chi connectivity index (χ0v) is 27.8. The summed E-state index contributed by atoms with van der Waals surface area (Å²) in [7, 11) is 0. The van der Waals surface area contributed by atoms with E-state index in [2.05, 4.69) is 115 Å². The Labute approximate surface area is 290 Å². The molecule has 7 aromatic carbocycles. The Morgan fingerprint density at radius 1 is 0.460 bits per heavy atom. The number of hydrogen-bond acceptors (Lipinski definition) is 3. The predicted octanol–water partition coefficient (Wildman–Crippen LogP) is 11.4. The van der Waals surface area contributed by atoms with Crippen LogP contribution in [0, 0.1) is 0 Å². The summed E-state index contributed by atoms with van der Waals surface area (Å²) in [6.45, 7) is 4.77. The van der Waals surface area contributed by atoms with E-state index in [1.54, 1.807) is 0 Å². The molecule has 0 unspecified atom stereocenters.